The zero-order valence-corrected chi connectivity index (χ0v) is 17.4. The molecule has 0 aliphatic heterocycles. The predicted molar refractivity (Wildman–Crippen MR) is 112 cm³/mol. The van der Waals surface area contributed by atoms with Crippen molar-refractivity contribution < 1.29 is 22.7 Å². The number of ether oxygens (including phenoxy) is 2. The second-order valence-electron chi connectivity index (χ2n) is 6.13. The van der Waals surface area contributed by atoms with Gasteiger partial charge in [0.1, 0.15) is 16.7 Å². The third-order valence-electron chi connectivity index (χ3n) is 4.22. The molecular formula is C21H21NO5S2. The molecule has 8 heteroatoms. The fraction of sp³-hybridized carbons (Fsp3) is 0.190. The number of nitrogens with one attached hydrogen (secondary N) is 1. The molecule has 3 rings (SSSR count). The van der Waals surface area contributed by atoms with Crippen molar-refractivity contribution in [1.82, 2.24) is 5.32 Å². The number of hydrogen-bond donors (Lipinski definition) is 1. The molecule has 1 N–H and O–H groups in total. The molecule has 2 aromatic carbocycles. The van der Waals surface area contributed by atoms with Gasteiger partial charge in [-0.25, -0.2) is 8.42 Å². The summed E-state index contributed by atoms with van der Waals surface area (Å²) in [5, 5.41) is 3.60. The smallest absolute Gasteiger partial charge is 0.257 e. The Morgan fingerprint density at radius 3 is 2.34 bits per heavy atom. The first-order valence-electron chi connectivity index (χ1n) is 8.86. The molecule has 3 aromatic rings. The molecule has 0 fully saturated rings. The van der Waals surface area contributed by atoms with Crippen LogP contribution in [0.5, 0.6) is 11.5 Å². The van der Waals surface area contributed by atoms with Gasteiger partial charge in [0.2, 0.25) is 0 Å². The van der Waals surface area contributed by atoms with Crippen LogP contribution in [0.2, 0.25) is 0 Å². The zero-order chi connectivity index (χ0) is 20.7. The van der Waals surface area contributed by atoms with Gasteiger partial charge < -0.3 is 14.8 Å². The maximum Gasteiger partial charge on any atom is 0.257 e. The number of amides is 1. The van der Waals surface area contributed by atoms with Gasteiger partial charge in [0.05, 0.1) is 12.0 Å². The third-order valence-corrected chi connectivity index (χ3v) is 7.45. The van der Waals surface area contributed by atoms with Crippen LogP contribution in [-0.2, 0) is 14.6 Å². The van der Waals surface area contributed by atoms with Crippen LogP contribution in [0, 0.1) is 0 Å². The number of thiophene rings is 1. The minimum Gasteiger partial charge on any atom is -0.497 e. The van der Waals surface area contributed by atoms with Crippen molar-refractivity contribution in [3.05, 3.63) is 77.0 Å². The van der Waals surface area contributed by atoms with E-state index in [4.69, 9.17) is 9.47 Å². The number of benzene rings is 2. The van der Waals surface area contributed by atoms with Crippen LogP contribution >= 0.6 is 11.3 Å². The number of carbonyl (C=O) groups excluding carboxylic acids is 1. The van der Waals surface area contributed by atoms with Crippen molar-refractivity contribution in [1.29, 1.82) is 0 Å². The number of carbonyl (C=O) groups is 1. The van der Waals surface area contributed by atoms with Crippen molar-refractivity contribution >= 4 is 27.1 Å². The zero-order valence-electron chi connectivity index (χ0n) is 15.8. The Bertz CT molecular complexity index is 1020. The molecule has 0 bridgehead atoms. The number of methoxy groups -OCH3 is 1. The Balaban J connectivity index is 1.71. The molecular weight excluding hydrogens is 410 g/mol. The molecule has 1 atom stereocenters. The van der Waals surface area contributed by atoms with Gasteiger partial charge >= 0.3 is 0 Å². The van der Waals surface area contributed by atoms with Gasteiger partial charge in [0, 0.05) is 11.4 Å². The van der Waals surface area contributed by atoms with Crippen molar-refractivity contribution in [2.75, 3.05) is 20.3 Å². The lowest BCUT2D eigenvalue weighted by molar-refractivity contribution is -0.123. The van der Waals surface area contributed by atoms with Crippen LogP contribution in [0.25, 0.3) is 0 Å². The summed E-state index contributed by atoms with van der Waals surface area (Å²) in [5.74, 6) is 0.756. The van der Waals surface area contributed by atoms with E-state index in [-0.39, 0.29) is 24.0 Å². The fourth-order valence-electron chi connectivity index (χ4n) is 2.69. The van der Waals surface area contributed by atoms with Crippen LogP contribution < -0.4 is 14.8 Å². The normalized spacial score (nSPS) is 12.2. The maximum atomic E-state index is 13.2. The molecule has 0 spiro atoms. The molecule has 0 aliphatic rings. The summed E-state index contributed by atoms with van der Waals surface area (Å²) in [6, 6.07) is 18.7. The molecule has 0 radical (unpaired) electrons. The first kappa shape index (κ1) is 20.9. The number of rotatable bonds is 9. The van der Waals surface area contributed by atoms with Gasteiger partial charge in [-0.2, -0.15) is 0 Å². The standard InChI is InChI=1S/C21H21NO5S2/c1-26-16-9-11-18(12-10-16)29(24,25)20(19-8-5-13-28-19)14-22-21(23)15-27-17-6-3-2-4-7-17/h2-13,20H,14-15H2,1H3,(H,22,23). The average molecular weight is 432 g/mol. The van der Waals surface area contributed by atoms with E-state index in [2.05, 4.69) is 5.32 Å². The quantitative estimate of drug-likeness (QED) is 0.561. The van der Waals surface area contributed by atoms with Crippen molar-refractivity contribution in [2.45, 2.75) is 10.1 Å². The van der Waals surface area contributed by atoms with Crippen LogP contribution in [0.1, 0.15) is 10.1 Å². The van der Waals surface area contributed by atoms with Gasteiger partial charge in [-0.05, 0) is 47.8 Å². The Morgan fingerprint density at radius 2 is 1.72 bits per heavy atom. The molecule has 1 aromatic heterocycles. The van der Waals surface area contributed by atoms with E-state index in [1.165, 1.54) is 30.6 Å². The molecule has 29 heavy (non-hydrogen) atoms. The van der Waals surface area contributed by atoms with Crippen molar-refractivity contribution in [3.8, 4) is 11.5 Å². The summed E-state index contributed by atoms with van der Waals surface area (Å²) in [6.45, 7) is -0.240. The summed E-state index contributed by atoms with van der Waals surface area (Å²) in [5.41, 5.74) is 0. The van der Waals surface area contributed by atoms with E-state index in [1.54, 1.807) is 36.4 Å². The van der Waals surface area contributed by atoms with Gasteiger partial charge in [-0.1, -0.05) is 24.3 Å². The molecule has 1 heterocycles. The summed E-state index contributed by atoms with van der Waals surface area (Å²) >= 11 is 1.34. The summed E-state index contributed by atoms with van der Waals surface area (Å²) in [6.07, 6.45) is 0. The predicted octanol–water partition coefficient (Wildman–Crippen LogP) is 3.47. The highest BCUT2D eigenvalue weighted by atomic mass is 32.2. The number of hydrogen-bond acceptors (Lipinski definition) is 6. The lowest BCUT2D eigenvalue weighted by Gasteiger charge is -2.18. The molecule has 0 saturated heterocycles. The first-order chi connectivity index (χ1) is 14.0. The fourth-order valence-corrected chi connectivity index (χ4v) is 5.47. The maximum absolute atomic E-state index is 13.2. The molecule has 0 saturated carbocycles. The van der Waals surface area contributed by atoms with E-state index in [9.17, 15) is 13.2 Å². The largest absolute Gasteiger partial charge is 0.497 e. The lowest BCUT2D eigenvalue weighted by atomic mass is 10.3. The Morgan fingerprint density at radius 1 is 1.00 bits per heavy atom. The topological polar surface area (TPSA) is 81.7 Å². The second-order valence-corrected chi connectivity index (χ2v) is 9.24. The SMILES string of the molecule is COc1ccc(S(=O)(=O)C(CNC(=O)COc2ccccc2)c2cccs2)cc1. The minimum atomic E-state index is -3.71. The summed E-state index contributed by atoms with van der Waals surface area (Å²) in [7, 11) is -2.19. The highest BCUT2D eigenvalue weighted by Crippen LogP contribution is 2.32. The third kappa shape index (κ3) is 5.36. The average Bonchev–Trinajstić information content (AvgIpc) is 3.27. The Labute approximate surface area is 174 Å². The lowest BCUT2D eigenvalue weighted by Crippen LogP contribution is -2.34. The van der Waals surface area contributed by atoms with Gasteiger partial charge in [0.15, 0.2) is 16.4 Å². The summed E-state index contributed by atoms with van der Waals surface area (Å²) < 4.78 is 36.9. The molecule has 1 unspecified atom stereocenters. The molecule has 6 nitrogen and oxygen atoms in total. The molecule has 152 valence electrons. The van der Waals surface area contributed by atoms with Crippen LogP contribution in [-0.4, -0.2) is 34.6 Å². The van der Waals surface area contributed by atoms with E-state index < -0.39 is 15.1 Å². The first-order valence-corrected chi connectivity index (χ1v) is 11.3. The van der Waals surface area contributed by atoms with Crippen LogP contribution in [0.3, 0.4) is 0 Å². The van der Waals surface area contributed by atoms with Gasteiger partial charge in [-0.15, -0.1) is 11.3 Å². The highest BCUT2D eigenvalue weighted by molar-refractivity contribution is 7.91. The van der Waals surface area contributed by atoms with Crippen LogP contribution in [0.4, 0.5) is 0 Å². The number of para-hydroxylation sites is 1. The van der Waals surface area contributed by atoms with Gasteiger partial charge in [-0.3, -0.25) is 4.79 Å². The van der Waals surface area contributed by atoms with Crippen LogP contribution in [0.15, 0.2) is 77.0 Å². The Kier molecular flexibility index (Phi) is 6.90. The monoisotopic (exact) mass is 431 g/mol. The van der Waals surface area contributed by atoms with E-state index in [0.717, 1.165) is 0 Å². The minimum absolute atomic E-state index is 0.0497. The van der Waals surface area contributed by atoms with Gasteiger partial charge in [0.25, 0.3) is 5.91 Å². The van der Waals surface area contributed by atoms with E-state index >= 15 is 0 Å². The van der Waals surface area contributed by atoms with Crippen molar-refractivity contribution in [3.63, 3.8) is 0 Å². The summed E-state index contributed by atoms with van der Waals surface area (Å²) in [4.78, 5) is 13.0. The number of sulfone groups is 1. The van der Waals surface area contributed by atoms with Crippen molar-refractivity contribution in [2.24, 2.45) is 0 Å². The second kappa shape index (κ2) is 9.58. The van der Waals surface area contributed by atoms with E-state index in [0.29, 0.717) is 16.4 Å². The molecule has 1 amide bonds. The van der Waals surface area contributed by atoms with E-state index in [1.807, 2.05) is 23.6 Å². The highest BCUT2D eigenvalue weighted by Gasteiger charge is 2.30. The Hall–Kier alpha value is -2.84. The molecule has 0 aliphatic carbocycles.